The Morgan fingerprint density at radius 3 is 3.27 bits per heavy atom. The third kappa shape index (κ3) is 3.23. The lowest BCUT2D eigenvalue weighted by atomic mass is 10.3. The molecule has 0 radical (unpaired) electrons. The van der Waals surface area contributed by atoms with Gasteiger partial charge in [-0.25, -0.2) is 0 Å². The third-order valence-electron chi connectivity index (χ3n) is 1.12. The van der Waals surface area contributed by atoms with Crippen LogP contribution in [-0.4, -0.2) is 23.9 Å². The Morgan fingerprint density at radius 1 is 1.91 bits per heavy atom. The van der Waals surface area contributed by atoms with E-state index in [1.54, 1.807) is 23.5 Å². The standard InChI is InChI=1S/C7H9NO2S/c1-6(9)10-3-7-2-8-5-11-4-7/h2,5H,3-4H2,1H3. The van der Waals surface area contributed by atoms with Crippen LogP contribution in [0.2, 0.25) is 0 Å². The highest BCUT2D eigenvalue weighted by atomic mass is 32.2. The maximum atomic E-state index is 10.4. The molecule has 0 saturated carbocycles. The van der Waals surface area contributed by atoms with E-state index in [9.17, 15) is 4.79 Å². The predicted octanol–water partition coefficient (Wildman–Crippen LogP) is 1.21. The molecule has 0 aromatic rings. The van der Waals surface area contributed by atoms with E-state index in [1.165, 1.54) is 6.92 Å². The summed E-state index contributed by atoms with van der Waals surface area (Å²) in [4.78, 5) is 14.3. The maximum Gasteiger partial charge on any atom is 0.302 e. The maximum absolute atomic E-state index is 10.4. The van der Waals surface area contributed by atoms with Crippen molar-refractivity contribution in [2.75, 3.05) is 12.4 Å². The summed E-state index contributed by atoms with van der Waals surface area (Å²) in [5, 5.41) is 0. The van der Waals surface area contributed by atoms with E-state index >= 15 is 0 Å². The zero-order chi connectivity index (χ0) is 8.10. The van der Waals surface area contributed by atoms with E-state index in [0.29, 0.717) is 6.61 Å². The molecule has 0 aromatic carbocycles. The quantitative estimate of drug-likeness (QED) is 0.586. The molecule has 0 atom stereocenters. The van der Waals surface area contributed by atoms with E-state index in [4.69, 9.17) is 4.74 Å². The molecule has 0 saturated heterocycles. The summed E-state index contributed by atoms with van der Waals surface area (Å²) in [5.74, 6) is 0.627. The van der Waals surface area contributed by atoms with Crippen molar-refractivity contribution in [3.8, 4) is 0 Å². The minimum atomic E-state index is -0.245. The molecular formula is C7H9NO2S. The van der Waals surface area contributed by atoms with Gasteiger partial charge in [0, 0.05) is 18.9 Å². The Morgan fingerprint density at radius 2 is 2.73 bits per heavy atom. The number of hydrogen-bond donors (Lipinski definition) is 0. The summed E-state index contributed by atoms with van der Waals surface area (Å²) in [5.41, 5.74) is 2.82. The molecule has 1 rings (SSSR count). The largest absolute Gasteiger partial charge is 0.461 e. The minimum absolute atomic E-state index is 0.245. The van der Waals surface area contributed by atoms with E-state index in [0.717, 1.165) is 11.3 Å². The number of aliphatic imine (C=N–C) groups is 1. The highest BCUT2D eigenvalue weighted by Crippen LogP contribution is 2.10. The number of nitrogens with zero attached hydrogens (tertiary/aromatic N) is 1. The van der Waals surface area contributed by atoms with E-state index in [1.807, 2.05) is 0 Å². The summed E-state index contributed by atoms with van der Waals surface area (Å²) >= 11 is 1.60. The Kier molecular flexibility index (Phi) is 3.16. The zero-order valence-corrected chi connectivity index (χ0v) is 7.06. The Bertz CT molecular complexity index is 210. The number of carbonyl (C=O) groups is 1. The first-order chi connectivity index (χ1) is 5.29. The number of carbonyl (C=O) groups excluding carboxylic acids is 1. The van der Waals surface area contributed by atoms with Crippen molar-refractivity contribution in [1.29, 1.82) is 0 Å². The topological polar surface area (TPSA) is 38.7 Å². The second-order valence-corrected chi connectivity index (χ2v) is 2.97. The zero-order valence-electron chi connectivity index (χ0n) is 6.24. The van der Waals surface area contributed by atoms with E-state index < -0.39 is 0 Å². The number of ether oxygens (including phenoxy) is 1. The molecule has 0 unspecified atom stereocenters. The number of thioether (sulfide) groups is 1. The number of hydrogen-bond acceptors (Lipinski definition) is 4. The van der Waals surface area contributed by atoms with Crippen LogP contribution in [0.15, 0.2) is 16.8 Å². The minimum Gasteiger partial charge on any atom is -0.461 e. The fourth-order valence-electron chi connectivity index (χ4n) is 0.634. The van der Waals surface area contributed by atoms with Gasteiger partial charge in [-0.2, -0.15) is 0 Å². The van der Waals surface area contributed by atoms with Gasteiger partial charge in [-0.3, -0.25) is 9.79 Å². The molecule has 1 aliphatic heterocycles. The molecule has 60 valence electrons. The molecule has 0 amide bonds. The fourth-order valence-corrected chi connectivity index (χ4v) is 1.23. The second-order valence-electron chi connectivity index (χ2n) is 2.13. The molecule has 0 fully saturated rings. The van der Waals surface area contributed by atoms with Crippen LogP contribution >= 0.6 is 11.8 Å². The van der Waals surface area contributed by atoms with Crippen molar-refractivity contribution < 1.29 is 9.53 Å². The molecule has 3 nitrogen and oxygen atoms in total. The van der Waals surface area contributed by atoms with Crippen molar-refractivity contribution in [3.63, 3.8) is 0 Å². The fraction of sp³-hybridized carbons (Fsp3) is 0.429. The van der Waals surface area contributed by atoms with Crippen LogP contribution in [0, 0.1) is 0 Å². The molecule has 4 heteroatoms. The van der Waals surface area contributed by atoms with Gasteiger partial charge in [0.05, 0.1) is 5.55 Å². The monoisotopic (exact) mass is 171 g/mol. The van der Waals surface area contributed by atoms with Crippen LogP contribution in [0.3, 0.4) is 0 Å². The summed E-state index contributed by atoms with van der Waals surface area (Å²) in [7, 11) is 0. The van der Waals surface area contributed by atoms with Gasteiger partial charge < -0.3 is 4.74 Å². The van der Waals surface area contributed by atoms with Crippen LogP contribution in [0.25, 0.3) is 0 Å². The molecular weight excluding hydrogens is 162 g/mol. The normalized spacial score (nSPS) is 15.9. The lowest BCUT2D eigenvalue weighted by Gasteiger charge is -2.06. The highest BCUT2D eigenvalue weighted by molar-refractivity contribution is 8.12. The lowest BCUT2D eigenvalue weighted by Crippen LogP contribution is -2.05. The van der Waals surface area contributed by atoms with Crippen LogP contribution in [0.1, 0.15) is 6.92 Å². The number of esters is 1. The van der Waals surface area contributed by atoms with E-state index in [-0.39, 0.29) is 5.97 Å². The second kappa shape index (κ2) is 4.18. The molecule has 1 aliphatic rings. The first kappa shape index (κ1) is 8.33. The number of rotatable bonds is 2. The smallest absolute Gasteiger partial charge is 0.302 e. The van der Waals surface area contributed by atoms with Crippen molar-refractivity contribution in [1.82, 2.24) is 0 Å². The van der Waals surface area contributed by atoms with Crippen LogP contribution in [0.5, 0.6) is 0 Å². The van der Waals surface area contributed by atoms with Crippen molar-refractivity contribution in [3.05, 3.63) is 11.8 Å². The summed E-state index contributed by atoms with van der Waals surface area (Å²) in [6, 6.07) is 0. The van der Waals surface area contributed by atoms with Crippen molar-refractivity contribution in [2.45, 2.75) is 6.92 Å². The van der Waals surface area contributed by atoms with Crippen LogP contribution in [0.4, 0.5) is 0 Å². The molecule has 0 aliphatic carbocycles. The van der Waals surface area contributed by atoms with Gasteiger partial charge in [0.15, 0.2) is 0 Å². The van der Waals surface area contributed by atoms with Gasteiger partial charge in [-0.05, 0) is 5.57 Å². The van der Waals surface area contributed by atoms with Crippen LogP contribution < -0.4 is 0 Å². The SMILES string of the molecule is CC(=O)OCC1=CN=CSC1. The van der Waals surface area contributed by atoms with Gasteiger partial charge in [0.1, 0.15) is 6.61 Å². The third-order valence-corrected chi connectivity index (χ3v) is 1.93. The molecule has 0 aromatic heterocycles. The predicted molar refractivity (Wildman–Crippen MR) is 45.7 cm³/mol. The first-order valence-electron chi connectivity index (χ1n) is 3.23. The molecule has 0 spiro atoms. The summed E-state index contributed by atoms with van der Waals surface area (Å²) < 4.78 is 4.79. The molecule has 0 N–H and O–H groups in total. The van der Waals surface area contributed by atoms with Gasteiger partial charge in [0.25, 0.3) is 0 Å². The highest BCUT2D eigenvalue weighted by Gasteiger charge is 2.02. The molecule has 11 heavy (non-hydrogen) atoms. The van der Waals surface area contributed by atoms with E-state index in [2.05, 4.69) is 4.99 Å². The molecule has 1 heterocycles. The van der Waals surface area contributed by atoms with Gasteiger partial charge in [-0.15, -0.1) is 11.8 Å². The lowest BCUT2D eigenvalue weighted by molar-refractivity contribution is -0.139. The average molecular weight is 171 g/mol. The summed E-state index contributed by atoms with van der Waals surface area (Å²) in [6.45, 7) is 1.78. The van der Waals surface area contributed by atoms with Crippen molar-refractivity contribution in [2.24, 2.45) is 4.99 Å². The Balaban J connectivity index is 2.31. The van der Waals surface area contributed by atoms with Gasteiger partial charge in [0.2, 0.25) is 0 Å². The average Bonchev–Trinajstić information content (AvgIpc) is 2.03. The first-order valence-corrected chi connectivity index (χ1v) is 4.28. The van der Waals surface area contributed by atoms with Gasteiger partial charge >= 0.3 is 5.97 Å². The Labute approximate surface area is 69.5 Å². The van der Waals surface area contributed by atoms with Crippen LogP contribution in [-0.2, 0) is 9.53 Å². The molecule has 0 bridgehead atoms. The van der Waals surface area contributed by atoms with Gasteiger partial charge in [-0.1, -0.05) is 0 Å². The van der Waals surface area contributed by atoms with Crippen molar-refractivity contribution >= 4 is 23.3 Å². The Hall–Kier alpha value is -0.770. The summed E-state index contributed by atoms with van der Waals surface area (Å²) in [6.07, 6.45) is 1.74.